The molecule has 5 heterocycles. The van der Waals surface area contributed by atoms with Crippen LogP contribution in [0.15, 0.2) is 59.5 Å². The third kappa shape index (κ3) is 7.45. The number of benzene rings is 2. The molecule has 16 heteroatoms. The third-order valence-corrected chi connectivity index (χ3v) is 10.5. The van der Waals surface area contributed by atoms with E-state index < -0.39 is 29.7 Å². The number of anilines is 1. The van der Waals surface area contributed by atoms with Crippen LogP contribution in [0, 0.1) is 11.7 Å². The van der Waals surface area contributed by atoms with Crippen molar-refractivity contribution >= 4 is 45.3 Å². The summed E-state index contributed by atoms with van der Waals surface area (Å²) in [4.78, 5) is 54.9. The van der Waals surface area contributed by atoms with E-state index in [9.17, 15) is 32.3 Å². The standard InChI is InChI=1S/C23H29FN4O3.C14H9F3N4O.2H2/c1-26-21-17(28(23(26)31)18-7-8-19(29)25-22(18)30)6-5-16(24)20(21)15-9-11-27(12-10-15)13-14-3-2-4-14;15-14(16,17)12-3-1-2-11(20-12)13(22)19-9-4-5-10-8(6-9)7-18-21-10;;/h5-6,14-15,18H,2-4,7-13H2,1H3,(H,25,29,30);1-7H,(H,18,21)(H,19,22);2*1H. The smallest absolute Gasteiger partial charge is 0.321 e. The summed E-state index contributed by atoms with van der Waals surface area (Å²) in [6.07, 6.45) is 3.16. The first-order valence-corrected chi connectivity index (χ1v) is 17.6. The second-order valence-corrected chi connectivity index (χ2v) is 13.9. The molecule has 2 aromatic carbocycles. The number of aromatic amines is 1. The number of imidazole rings is 1. The van der Waals surface area contributed by atoms with Crippen molar-refractivity contribution in [2.75, 3.05) is 25.0 Å². The number of pyridine rings is 1. The molecule has 3 aliphatic rings. The Hall–Kier alpha value is -5.38. The fourth-order valence-electron chi connectivity index (χ4n) is 7.48. The highest BCUT2D eigenvalue weighted by Crippen LogP contribution is 2.37. The van der Waals surface area contributed by atoms with Crippen LogP contribution in [0.3, 0.4) is 0 Å². The summed E-state index contributed by atoms with van der Waals surface area (Å²) in [6.45, 7) is 3.03. The number of alkyl halides is 3. The number of carbonyl (C=O) groups is 3. The van der Waals surface area contributed by atoms with Crippen LogP contribution in [0.2, 0.25) is 0 Å². The van der Waals surface area contributed by atoms with Crippen molar-refractivity contribution in [3.8, 4) is 0 Å². The Balaban J connectivity index is 0.000000215. The van der Waals surface area contributed by atoms with E-state index in [2.05, 4.69) is 30.7 Å². The van der Waals surface area contributed by atoms with Gasteiger partial charge in [-0.1, -0.05) is 12.5 Å². The van der Waals surface area contributed by atoms with Gasteiger partial charge < -0.3 is 10.2 Å². The number of piperidine rings is 2. The number of imide groups is 1. The lowest BCUT2D eigenvalue weighted by molar-refractivity contribution is -0.141. The molecule has 282 valence electrons. The van der Waals surface area contributed by atoms with Crippen LogP contribution in [0.1, 0.15) is 81.5 Å². The molecule has 3 fully saturated rings. The maximum atomic E-state index is 15.1. The number of H-pyrrole nitrogens is 1. The van der Waals surface area contributed by atoms with E-state index in [-0.39, 0.29) is 44.7 Å². The van der Waals surface area contributed by atoms with Gasteiger partial charge in [0.1, 0.15) is 23.2 Å². The van der Waals surface area contributed by atoms with Gasteiger partial charge in [-0.2, -0.15) is 18.3 Å². The van der Waals surface area contributed by atoms with E-state index in [1.807, 2.05) is 0 Å². The molecule has 3 aromatic heterocycles. The summed E-state index contributed by atoms with van der Waals surface area (Å²) in [5, 5.41) is 12.2. The fraction of sp³-hybridized carbons (Fsp3) is 0.405. The third-order valence-electron chi connectivity index (χ3n) is 10.5. The molecule has 53 heavy (non-hydrogen) atoms. The van der Waals surface area contributed by atoms with Gasteiger partial charge in [-0.25, -0.2) is 14.2 Å². The van der Waals surface area contributed by atoms with Gasteiger partial charge in [0.25, 0.3) is 5.91 Å². The van der Waals surface area contributed by atoms with Gasteiger partial charge in [-0.15, -0.1) is 0 Å². The highest BCUT2D eigenvalue weighted by atomic mass is 19.4. The zero-order valence-electron chi connectivity index (χ0n) is 28.9. The quantitative estimate of drug-likeness (QED) is 0.140. The molecule has 1 atom stereocenters. The zero-order chi connectivity index (χ0) is 37.4. The normalized spacial score (nSPS) is 18.8. The Morgan fingerprint density at radius 1 is 1.02 bits per heavy atom. The average molecular weight is 739 g/mol. The number of likely N-dealkylation sites (tertiary alicyclic amines) is 1. The van der Waals surface area contributed by atoms with Crippen LogP contribution in [0.25, 0.3) is 21.9 Å². The predicted molar refractivity (Wildman–Crippen MR) is 192 cm³/mol. The van der Waals surface area contributed by atoms with Gasteiger partial charge in [-0.3, -0.25) is 33.9 Å². The number of aryl methyl sites for hydroxylation is 1. The molecule has 12 nitrogen and oxygen atoms in total. The van der Waals surface area contributed by atoms with Crippen LogP contribution in [-0.2, 0) is 22.8 Å². The SMILES string of the molecule is Cn1c(=O)n(C2CCC(=O)NC2=O)c2ccc(F)c(C3CCN(CC4CCC4)CC3)c21.O=C(Nc1ccc2[nH]ncc2c1)c1cccc(C(F)(F)F)n1.[HH].[HH]. The molecule has 1 saturated carbocycles. The van der Waals surface area contributed by atoms with Crippen molar-refractivity contribution in [3.05, 3.63) is 88.0 Å². The summed E-state index contributed by atoms with van der Waals surface area (Å²) in [5.41, 5.74) is 1.20. The molecule has 0 radical (unpaired) electrons. The van der Waals surface area contributed by atoms with Crippen molar-refractivity contribution in [3.63, 3.8) is 0 Å². The fourth-order valence-corrected chi connectivity index (χ4v) is 7.48. The van der Waals surface area contributed by atoms with Crippen LogP contribution in [0.4, 0.5) is 23.2 Å². The van der Waals surface area contributed by atoms with Crippen molar-refractivity contribution in [1.82, 2.24) is 34.5 Å². The molecule has 2 saturated heterocycles. The molecule has 8 rings (SSSR count). The Bertz CT molecular complexity index is 2260. The van der Waals surface area contributed by atoms with Crippen molar-refractivity contribution in [2.24, 2.45) is 13.0 Å². The summed E-state index contributed by atoms with van der Waals surface area (Å²) >= 11 is 0. The van der Waals surface area contributed by atoms with E-state index in [1.165, 1.54) is 40.5 Å². The number of nitrogens with zero attached hydrogens (tertiary/aromatic N) is 5. The van der Waals surface area contributed by atoms with Crippen LogP contribution in [0.5, 0.6) is 0 Å². The van der Waals surface area contributed by atoms with Crippen LogP contribution in [-0.4, -0.2) is 66.6 Å². The lowest BCUT2D eigenvalue weighted by Crippen LogP contribution is -2.44. The molecule has 2 aliphatic heterocycles. The van der Waals surface area contributed by atoms with Gasteiger partial charge in [0, 0.05) is 39.5 Å². The lowest BCUT2D eigenvalue weighted by atomic mass is 9.83. The number of aromatic nitrogens is 5. The first-order valence-electron chi connectivity index (χ1n) is 17.6. The maximum absolute atomic E-state index is 15.1. The second-order valence-electron chi connectivity index (χ2n) is 13.9. The average Bonchev–Trinajstić information content (AvgIpc) is 3.68. The van der Waals surface area contributed by atoms with E-state index in [0.29, 0.717) is 22.3 Å². The first kappa shape index (κ1) is 36.0. The summed E-state index contributed by atoms with van der Waals surface area (Å²) < 4.78 is 55.8. The second kappa shape index (κ2) is 14.6. The number of rotatable bonds is 6. The summed E-state index contributed by atoms with van der Waals surface area (Å²) in [6, 6.07) is 10.4. The number of nitrogens with one attached hydrogen (secondary N) is 3. The number of fused-ring (bicyclic) bond motifs is 2. The van der Waals surface area contributed by atoms with Gasteiger partial charge in [0.15, 0.2) is 0 Å². The number of carbonyl (C=O) groups excluding carboxylic acids is 3. The van der Waals surface area contributed by atoms with E-state index in [1.54, 1.807) is 37.5 Å². The molecule has 1 unspecified atom stereocenters. The predicted octanol–water partition coefficient (Wildman–Crippen LogP) is 6.16. The Morgan fingerprint density at radius 2 is 1.79 bits per heavy atom. The summed E-state index contributed by atoms with van der Waals surface area (Å²) in [5.74, 6) is -0.935. The van der Waals surface area contributed by atoms with Crippen LogP contribution < -0.4 is 16.3 Å². The van der Waals surface area contributed by atoms with E-state index in [0.717, 1.165) is 61.4 Å². The van der Waals surface area contributed by atoms with Crippen LogP contribution >= 0.6 is 0 Å². The summed E-state index contributed by atoms with van der Waals surface area (Å²) in [7, 11) is 1.64. The minimum atomic E-state index is -4.59. The van der Waals surface area contributed by atoms with E-state index in [4.69, 9.17) is 0 Å². The Labute approximate surface area is 303 Å². The number of halogens is 4. The monoisotopic (exact) mass is 738 g/mol. The maximum Gasteiger partial charge on any atom is 0.433 e. The zero-order valence-corrected chi connectivity index (χ0v) is 28.9. The first-order chi connectivity index (χ1) is 25.4. The number of amides is 3. The van der Waals surface area contributed by atoms with Crippen molar-refractivity contribution in [1.29, 1.82) is 0 Å². The largest absolute Gasteiger partial charge is 0.433 e. The van der Waals surface area contributed by atoms with Gasteiger partial charge in [0.2, 0.25) is 11.8 Å². The lowest BCUT2D eigenvalue weighted by Gasteiger charge is -2.37. The van der Waals surface area contributed by atoms with Gasteiger partial charge >= 0.3 is 11.9 Å². The minimum absolute atomic E-state index is 0. The molecule has 3 amide bonds. The molecule has 0 spiro atoms. The molecular formula is C37H42F4N8O4. The van der Waals surface area contributed by atoms with Crippen molar-refractivity contribution in [2.45, 2.75) is 63.1 Å². The van der Waals surface area contributed by atoms with Gasteiger partial charge in [0.05, 0.1) is 22.7 Å². The molecule has 5 aromatic rings. The Kier molecular flexibility index (Phi) is 9.89. The highest BCUT2D eigenvalue weighted by molar-refractivity contribution is 6.04. The molecular weight excluding hydrogens is 696 g/mol. The van der Waals surface area contributed by atoms with E-state index >= 15 is 4.39 Å². The molecule has 0 bridgehead atoms. The highest BCUT2D eigenvalue weighted by Gasteiger charge is 2.35. The van der Waals surface area contributed by atoms with Crippen molar-refractivity contribution < 1.29 is 34.8 Å². The minimum Gasteiger partial charge on any atom is -0.321 e. The number of hydrogen-bond donors (Lipinski definition) is 3. The molecule has 1 aliphatic carbocycles. The van der Waals surface area contributed by atoms with Gasteiger partial charge in [-0.05, 0) is 99.5 Å². The molecule has 3 N–H and O–H groups in total. The topological polar surface area (TPSA) is 147 Å². The number of hydrogen-bond acceptors (Lipinski definition) is 7. The Morgan fingerprint density at radius 3 is 2.49 bits per heavy atom.